The van der Waals surface area contributed by atoms with Gasteiger partial charge in [0.15, 0.2) is 11.5 Å². The van der Waals surface area contributed by atoms with Crippen LogP contribution in [0.5, 0.6) is 11.5 Å². The van der Waals surface area contributed by atoms with E-state index in [0.29, 0.717) is 19.8 Å². The van der Waals surface area contributed by atoms with Crippen molar-refractivity contribution in [2.45, 2.75) is 12.5 Å². The van der Waals surface area contributed by atoms with Crippen molar-refractivity contribution in [3.05, 3.63) is 23.8 Å². The molecule has 2 aliphatic rings. The Kier molecular flexibility index (Phi) is 4.32. The highest BCUT2D eigenvalue weighted by Gasteiger charge is 2.21. The molecular weight excluding hydrogens is 276 g/mol. The Bertz CT molecular complexity index is 489. The lowest BCUT2D eigenvalue weighted by Gasteiger charge is -2.19. The number of rotatable bonds is 4. The molecule has 2 heterocycles. The average molecular weight is 294 g/mol. The molecule has 0 bridgehead atoms. The van der Waals surface area contributed by atoms with Gasteiger partial charge in [0.2, 0.25) is 5.91 Å². The first kappa shape index (κ1) is 13.6. The molecule has 6 heteroatoms. The fourth-order valence-electron chi connectivity index (χ4n) is 2.26. The van der Waals surface area contributed by atoms with Gasteiger partial charge in [-0.1, -0.05) is 6.07 Å². The maximum Gasteiger partial charge on any atom is 0.238 e. The van der Waals surface area contributed by atoms with Gasteiger partial charge in [-0.05, 0) is 24.1 Å². The molecule has 0 spiro atoms. The molecule has 0 aromatic heterocycles. The number of hydrogen-bond acceptors (Lipinski definition) is 5. The molecule has 1 atom stereocenters. The fourth-order valence-corrected chi connectivity index (χ4v) is 3.20. The molecule has 1 saturated heterocycles. The summed E-state index contributed by atoms with van der Waals surface area (Å²) in [6.07, 6.45) is 0.794. The normalized spacial score (nSPS) is 20.7. The summed E-state index contributed by atoms with van der Waals surface area (Å²) < 4.78 is 11.0. The summed E-state index contributed by atoms with van der Waals surface area (Å²) in [4.78, 5) is 11.8. The van der Waals surface area contributed by atoms with Crippen molar-refractivity contribution in [2.24, 2.45) is 0 Å². The minimum absolute atomic E-state index is 0.0414. The minimum Gasteiger partial charge on any atom is -0.486 e. The molecule has 108 valence electrons. The summed E-state index contributed by atoms with van der Waals surface area (Å²) in [6, 6.07) is 5.90. The monoisotopic (exact) mass is 294 g/mol. The van der Waals surface area contributed by atoms with Crippen LogP contribution in [0.15, 0.2) is 18.2 Å². The number of hydrogen-bond donors (Lipinski definition) is 2. The third-order valence-corrected chi connectivity index (χ3v) is 4.29. The van der Waals surface area contributed by atoms with Crippen LogP contribution in [0.4, 0.5) is 0 Å². The van der Waals surface area contributed by atoms with Gasteiger partial charge < -0.3 is 14.8 Å². The van der Waals surface area contributed by atoms with Crippen LogP contribution >= 0.6 is 11.8 Å². The Morgan fingerprint density at radius 1 is 1.35 bits per heavy atom. The summed E-state index contributed by atoms with van der Waals surface area (Å²) in [5, 5.41) is 6.13. The van der Waals surface area contributed by atoms with Crippen molar-refractivity contribution >= 4 is 17.7 Å². The average Bonchev–Trinajstić information content (AvgIpc) is 3.01. The van der Waals surface area contributed by atoms with Crippen molar-refractivity contribution < 1.29 is 14.3 Å². The maximum absolute atomic E-state index is 11.8. The highest BCUT2D eigenvalue weighted by atomic mass is 32.2. The maximum atomic E-state index is 11.8. The zero-order valence-electron chi connectivity index (χ0n) is 11.2. The second-order valence-corrected chi connectivity index (χ2v) is 5.82. The lowest BCUT2D eigenvalue weighted by molar-refractivity contribution is -0.122. The molecule has 2 N–H and O–H groups in total. The van der Waals surface area contributed by atoms with Gasteiger partial charge >= 0.3 is 0 Å². The Labute approximate surface area is 122 Å². The summed E-state index contributed by atoms with van der Waals surface area (Å²) in [7, 11) is 0. The van der Waals surface area contributed by atoms with Crippen LogP contribution in [-0.4, -0.2) is 43.3 Å². The predicted molar refractivity (Wildman–Crippen MR) is 78.4 cm³/mol. The second kappa shape index (κ2) is 6.37. The highest BCUT2D eigenvalue weighted by Crippen LogP contribution is 2.30. The molecule has 0 saturated carbocycles. The van der Waals surface area contributed by atoms with Crippen molar-refractivity contribution in [2.75, 3.05) is 31.4 Å². The number of fused-ring (bicyclic) bond motifs is 1. The van der Waals surface area contributed by atoms with E-state index in [1.54, 1.807) is 11.8 Å². The summed E-state index contributed by atoms with van der Waals surface area (Å²) >= 11 is 1.75. The lowest BCUT2D eigenvalue weighted by atomic mass is 10.1. The van der Waals surface area contributed by atoms with Crippen LogP contribution in [0.2, 0.25) is 0 Å². The first-order chi connectivity index (χ1) is 9.83. The van der Waals surface area contributed by atoms with E-state index in [1.807, 2.05) is 18.2 Å². The number of carbonyl (C=O) groups is 1. The number of nitrogens with one attached hydrogen (secondary N) is 2. The van der Waals surface area contributed by atoms with E-state index in [9.17, 15) is 4.79 Å². The third kappa shape index (κ3) is 3.19. The van der Waals surface area contributed by atoms with E-state index in [0.717, 1.165) is 35.1 Å². The first-order valence-corrected chi connectivity index (χ1v) is 7.96. The zero-order chi connectivity index (χ0) is 13.8. The summed E-state index contributed by atoms with van der Waals surface area (Å²) in [5.41, 5.74) is 1.14. The molecule has 0 aliphatic carbocycles. The number of carbonyl (C=O) groups excluding carboxylic acids is 1. The van der Waals surface area contributed by atoms with Gasteiger partial charge in [0.05, 0.1) is 6.04 Å². The van der Waals surface area contributed by atoms with Crippen molar-refractivity contribution in [1.29, 1.82) is 0 Å². The van der Waals surface area contributed by atoms with Gasteiger partial charge in [-0.15, -0.1) is 11.8 Å². The van der Waals surface area contributed by atoms with Gasteiger partial charge in [-0.2, -0.15) is 0 Å². The molecule has 2 aliphatic heterocycles. The highest BCUT2D eigenvalue weighted by molar-refractivity contribution is 7.99. The predicted octanol–water partition coefficient (Wildman–Crippen LogP) is 0.779. The van der Waals surface area contributed by atoms with Crippen LogP contribution in [0.3, 0.4) is 0 Å². The van der Waals surface area contributed by atoms with Gasteiger partial charge in [0.1, 0.15) is 13.2 Å². The number of thioether (sulfide) groups is 1. The van der Waals surface area contributed by atoms with Crippen LogP contribution in [0.25, 0.3) is 0 Å². The van der Waals surface area contributed by atoms with Gasteiger partial charge in [0, 0.05) is 18.2 Å². The smallest absolute Gasteiger partial charge is 0.238 e. The molecule has 3 rings (SSSR count). The molecule has 1 aromatic carbocycles. The Morgan fingerprint density at radius 2 is 2.20 bits per heavy atom. The van der Waals surface area contributed by atoms with E-state index in [-0.39, 0.29) is 11.9 Å². The van der Waals surface area contributed by atoms with Crippen molar-refractivity contribution in [3.63, 3.8) is 0 Å². The van der Waals surface area contributed by atoms with E-state index in [1.165, 1.54) is 0 Å². The number of amides is 1. The summed E-state index contributed by atoms with van der Waals surface area (Å²) in [5.74, 6) is 3.41. The quantitative estimate of drug-likeness (QED) is 0.859. The molecule has 20 heavy (non-hydrogen) atoms. The van der Waals surface area contributed by atoms with E-state index in [4.69, 9.17) is 9.47 Å². The van der Waals surface area contributed by atoms with Crippen LogP contribution in [0.1, 0.15) is 5.56 Å². The molecule has 5 nitrogen and oxygen atoms in total. The lowest BCUT2D eigenvalue weighted by Crippen LogP contribution is -2.42. The Balaban J connectivity index is 1.49. The van der Waals surface area contributed by atoms with Gasteiger partial charge in [-0.3, -0.25) is 10.1 Å². The van der Waals surface area contributed by atoms with Crippen molar-refractivity contribution in [1.82, 2.24) is 10.6 Å². The zero-order valence-corrected chi connectivity index (χ0v) is 12.0. The minimum atomic E-state index is -0.0414. The van der Waals surface area contributed by atoms with Crippen LogP contribution in [0, 0.1) is 0 Å². The topological polar surface area (TPSA) is 59.6 Å². The SMILES string of the molecule is O=C(NCCc1ccc2c(c1)OCCO2)C1CSCN1. The first-order valence-electron chi connectivity index (χ1n) is 6.80. The van der Waals surface area contributed by atoms with E-state index >= 15 is 0 Å². The summed E-state index contributed by atoms with van der Waals surface area (Å²) in [6.45, 7) is 1.84. The van der Waals surface area contributed by atoms with E-state index in [2.05, 4.69) is 10.6 Å². The van der Waals surface area contributed by atoms with Crippen LogP contribution in [-0.2, 0) is 11.2 Å². The number of benzene rings is 1. The Hall–Kier alpha value is -1.40. The van der Waals surface area contributed by atoms with Gasteiger partial charge in [-0.25, -0.2) is 0 Å². The fraction of sp³-hybridized carbons (Fsp3) is 0.500. The number of ether oxygens (including phenoxy) is 2. The van der Waals surface area contributed by atoms with Crippen molar-refractivity contribution in [3.8, 4) is 11.5 Å². The standard InChI is InChI=1S/C14H18N2O3S/c17-14(11-8-20-9-16-11)15-4-3-10-1-2-12-13(7-10)19-6-5-18-12/h1-2,7,11,16H,3-6,8-9H2,(H,15,17). The molecule has 1 unspecified atom stereocenters. The molecular formula is C14H18N2O3S. The van der Waals surface area contributed by atoms with Crippen LogP contribution < -0.4 is 20.1 Å². The Morgan fingerprint density at radius 3 is 3.00 bits per heavy atom. The molecule has 1 fully saturated rings. The second-order valence-electron chi connectivity index (χ2n) is 4.79. The largest absolute Gasteiger partial charge is 0.486 e. The van der Waals surface area contributed by atoms with Gasteiger partial charge in [0.25, 0.3) is 0 Å². The third-order valence-electron chi connectivity index (χ3n) is 3.35. The molecule has 0 radical (unpaired) electrons. The van der Waals surface area contributed by atoms with E-state index < -0.39 is 0 Å². The molecule has 1 amide bonds. The molecule has 1 aromatic rings.